The average Bonchev–Trinajstić information content (AvgIpc) is 3.93. The summed E-state index contributed by atoms with van der Waals surface area (Å²) in [4.78, 5) is 10.4. The highest BCUT2D eigenvalue weighted by Crippen LogP contribution is 2.42. The first kappa shape index (κ1) is 30.0. The molecule has 4 aromatic heterocycles. The molecule has 0 atom stereocenters. The maximum Gasteiger partial charge on any atom is 0.231 e. The monoisotopic (exact) mass is 703 g/mol. The molecule has 0 unspecified atom stereocenters. The molecule has 0 amide bonds. The Morgan fingerprint density at radius 2 is 1.13 bits per heavy atom. The summed E-state index contributed by atoms with van der Waals surface area (Å²) in [6, 6.07) is 61.5. The van der Waals surface area contributed by atoms with Gasteiger partial charge < -0.3 is 13.4 Å². The number of fused-ring (bicyclic) bond motifs is 11. The molecule has 0 aliphatic rings. The van der Waals surface area contributed by atoms with E-state index in [1.807, 2.05) is 48.5 Å². The van der Waals surface area contributed by atoms with Gasteiger partial charge in [-0.3, -0.25) is 0 Å². The van der Waals surface area contributed by atoms with E-state index in [1.165, 1.54) is 32.6 Å². The molecular weight excluding hydrogens is 675 g/mol. The Bertz CT molecular complexity index is 3480. The predicted octanol–water partition coefficient (Wildman–Crippen LogP) is 13.5. The van der Waals surface area contributed by atoms with Gasteiger partial charge in [0.15, 0.2) is 5.82 Å². The van der Waals surface area contributed by atoms with Crippen LogP contribution in [-0.2, 0) is 0 Å². The molecule has 5 nitrogen and oxygen atoms in total. The summed E-state index contributed by atoms with van der Waals surface area (Å²) in [6.45, 7) is 0. The Morgan fingerprint density at radius 1 is 0.418 bits per heavy atom. The molecule has 0 spiro atoms. The maximum atomic E-state index is 6.59. The molecule has 4 heterocycles. The van der Waals surface area contributed by atoms with Crippen molar-refractivity contribution in [1.29, 1.82) is 0 Å². The molecule has 12 rings (SSSR count). The molecule has 256 valence electrons. The lowest BCUT2D eigenvalue weighted by molar-refractivity contribution is 0.653. The quantitative estimate of drug-likeness (QED) is 0.183. The van der Waals surface area contributed by atoms with E-state index in [0.717, 1.165) is 71.9 Å². The number of aromatic nitrogens is 3. The van der Waals surface area contributed by atoms with Crippen LogP contribution in [-0.4, -0.2) is 14.5 Å². The first-order valence-electron chi connectivity index (χ1n) is 18.5. The van der Waals surface area contributed by atoms with Crippen molar-refractivity contribution in [2.24, 2.45) is 0 Å². The van der Waals surface area contributed by atoms with Crippen molar-refractivity contribution >= 4 is 76.6 Å². The number of nitrogens with zero attached hydrogens (tertiary/aromatic N) is 3. The summed E-state index contributed by atoms with van der Waals surface area (Å²) < 4.78 is 15.2. The van der Waals surface area contributed by atoms with Crippen LogP contribution < -0.4 is 0 Å². The Kier molecular flexibility index (Phi) is 6.27. The number of hydrogen-bond donors (Lipinski definition) is 0. The zero-order chi connectivity index (χ0) is 36.0. The van der Waals surface area contributed by atoms with E-state index in [0.29, 0.717) is 11.5 Å². The van der Waals surface area contributed by atoms with Crippen LogP contribution in [0.25, 0.3) is 116 Å². The SMILES string of the molecule is c1ccc(-c2nc(-c3cccc4oc5ccccc5c34)nc3oc4ccc(-c5ccc6c(c5)c5ccc7ccccc7c5n6-c5ccccc5)cc4c23)cc1. The molecule has 5 heteroatoms. The predicted molar refractivity (Wildman–Crippen MR) is 225 cm³/mol. The van der Waals surface area contributed by atoms with Crippen LogP contribution in [0.2, 0.25) is 0 Å². The highest BCUT2D eigenvalue weighted by molar-refractivity contribution is 6.20. The van der Waals surface area contributed by atoms with Gasteiger partial charge in [-0.1, -0.05) is 127 Å². The first-order chi connectivity index (χ1) is 27.3. The van der Waals surface area contributed by atoms with Gasteiger partial charge in [0.2, 0.25) is 5.71 Å². The molecule has 0 aliphatic heterocycles. The van der Waals surface area contributed by atoms with Gasteiger partial charge >= 0.3 is 0 Å². The molecule has 0 N–H and O–H groups in total. The zero-order valence-corrected chi connectivity index (χ0v) is 29.4. The molecule has 8 aromatic carbocycles. The van der Waals surface area contributed by atoms with Crippen molar-refractivity contribution in [1.82, 2.24) is 14.5 Å². The highest BCUT2D eigenvalue weighted by Gasteiger charge is 2.22. The average molecular weight is 704 g/mol. The minimum atomic E-state index is 0.550. The van der Waals surface area contributed by atoms with Crippen molar-refractivity contribution in [2.75, 3.05) is 0 Å². The van der Waals surface area contributed by atoms with Crippen LogP contribution in [0.1, 0.15) is 0 Å². The van der Waals surface area contributed by atoms with Crippen molar-refractivity contribution in [3.8, 4) is 39.5 Å². The molecule has 0 aliphatic carbocycles. The lowest BCUT2D eigenvalue weighted by atomic mass is 9.99. The number of para-hydroxylation sites is 2. The number of hydrogen-bond acceptors (Lipinski definition) is 4. The Morgan fingerprint density at radius 3 is 2.00 bits per heavy atom. The van der Waals surface area contributed by atoms with Gasteiger partial charge in [-0.15, -0.1) is 0 Å². The largest absolute Gasteiger partial charge is 0.456 e. The van der Waals surface area contributed by atoms with Gasteiger partial charge in [-0.25, -0.2) is 4.98 Å². The lowest BCUT2D eigenvalue weighted by Crippen LogP contribution is -1.94. The van der Waals surface area contributed by atoms with Gasteiger partial charge in [0.25, 0.3) is 0 Å². The Hall–Kier alpha value is -7.50. The van der Waals surface area contributed by atoms with Gasteiger partial charge in [0, 0.05) is 49.1 Å². The summed E-state index contributed by atoms with van der Waals surface area (Å²) in [5.41, 5.74) is 11.4. The summed E-state index contributed by atoms with van der Waals surface area (Å²) in [7, 11) is 0. The van der Waals surface area contributed by atoms with E-state index in [-0.39, 0.29) is 0 Å². The summed E-state index contributed by atoms with van der Waals surface area (Å²) >= 11 is 0. The third-order valence-corrected chi connectivity index (χ3v) is 11.0. The summed E-state index contributed by atoms with van der Waals surface area (Å²) in [6.07, 6.45) is 0. The van der Waals surface area contributed by atoms with Crippen LogP contribution in [0.4, 0.5) is 0 Å². The summed E-state index contributed by atoms with van der Waals surface area (Å²) in [5.74, 6) is 0.593. The second kappa shape index (κ2) is 11.5. The molecule has 0 bridgehead atoms. The van der Waals surface area contributed by atoms with Crippen LogP contribution in [0.15, 0.2) is 185 Å². The molecule has 0 radical (unpaired) electrons. The van der Waals surface area contributed by atoms with Gasteiger partial charge in [-0.05, 0) is 65.0 Å². The molecule has 0 saturated carbocycles. The van der Waals surface area contributed by atoms with E-state index in [4.69, 9.17) is 18.8 Å². The van der Waals surface area contributed by atoms with Crippen LogP contribution >= 0.6 is 0 Å². The standard InChI is InChI=1S/C50H29N3O2/c1-3-13-31(14-4-1)47-46-40-29-33(24-27-43(40)55-50(46)52-49(51-47)38-19-11-21-44-45(38)37-18-9-10-20-42(37)54-44)32-23-26-41-39(28-32)36-25-22-30-12-7-8-17-35(30)48(36)53(41)34-15-5-2-6-16-34/h1-29H. The molecular formula is C50H29N3O2. The van der Waals surface area contributed by atoms with Crippen LogP contribution in [0, 0.1) is 0 Å². The fourth-order valence-corrected chi connectivity index (χ4v) is 8.55. The van der Waals surface area contributed by atoms with Crippen molar-refractivity contribution in [3.05, 3.63) is 176 Å². The van der Waals surface area contributed by atoms with Crippen LogP contribution in [0.3, 0.4) is 0 Å². The van der Waals surface area contributed by atoms with Crippen molar-refractivity contribution < 1.29 is 8.83 Å². The maximum absolute atomic E-state index is 6.59. The number of benzene rings is 8. The van der Waals surface area contributed by atoms with Gasteiger partial charge in [-0.2, -0.15) is 4.98 Å². The normalized spacial score (nSPS) is 12.0. The number of furan rings is 2. The minimum absolute atomic E-state index is 0.550. The third-order valence-electron chi connectivity index (χ3n) is 11.0. The van der Waals surface area contributed by atoms with Crippen molar-refractivity contribution in [3.63, 3.8) is 0 Å². The van der Waals surface area contributed by atoms with Gasteiger partial charge in [0.1, 0.15) is 16.7 Å². The lowest BCUT2D eigenvalue weighted by Gasteiger charge is -2.10. The minimum Gasteiger partial charge on any atom is -0.456 e. The van der Waals surface area contributed by atoms with E-state index in [1.54, 1.807) is 0 Å². The van der Waals surface area contributed by atoms with Crippen LogP contribution in [0.5, 0.6) is 0 Å². The summed E-state index contributed by atoms with van der Waals surface area (Å²) in [5, 5.41) is 8.78. The second-order valence-corrected chi connectivity index (χ2v) is 14.1. The van der Waals surface area contributed by atoms with E-state index < -0.39 is 0 Å². The zero-order valence-electron chi connectivity index (χ0n) is 29.4. The topological polar surface area (TPSA) is 57.0 Å². The van der Waals surface area contributed by atoms with E-state index in [2.05, 4.69) is 132 Å². The first-order valence-corrected chi connectivity index (χ1v) is 18.5. The Labute approximate surface area is 314 Å². The Balaban J connectivity index is 1.08. The fraction of sp³-hybridized carbons (Fsp3) is 0. The molecule has 0 saturated heterocycles. The smallest absolute Gasteiger partial charge is 0.231 e. The molecule has 55 heavy (non-hydrogen) atoms. The molecule has 0 fully saturated rings. The van der Waals surface area contributed by atoms with E-state index in [9.17, 15) is 0 Å². The highest BCUT2D eigenvalue weighted by atomic mass is 16.3. The van der Waals surface area contributed by atoms with E-state index >= 15 is 0 Å². The second-order valence-electron chi connectivity index (χ2n) is 14.1. The fourth-order valence-electron chi connectivity index (χ4n) is 8.55. The third kappa shape index (κ3) is 4.47. The van der Waals surface area contributed by atoms with Crippen molar-refractivity contribution in [2.45, 2.75) is 0 Å². The van der Waals surface area contributed by atoms with Gasteiger partial charge in [0.05, 0.1) is 22.1 Å². The number of rotatable bonds is 4. The molecule has 12 aromatic rings.